The second-order valence-electron chi connectivity index (χ2n) is 5.48. The van der Waals surface area contributed by atoms with Gasteiger partial charge in [0.05, 0.1) is 0 Å². The highest BCUT2D eigenvalue weighted by Crippen LogP contribution is 2.54. The summed E-state index contributed by atoms with van der Waals surface area (Å²) in [5.74, 6) is 0.111. The molecule has 18 heavy (non-hydrogen) atoms. The molecule has 3 atom stereocenters. The molecule has 0 radical (unpaired) electrons. The molecule has 0 spiro atoms. The zero-order chi connectivity index (χ0) is 13.2. The maximum Gasteiger partial charge on any atom is 0.137 e. The van der Waals surface area contributed by atoms with E-state index in [4.69, 9.17) is 5.53 Å². The van der Waals surface area contributed by atoms with E-state index < -0.39 is 0 Å². The minimum absolute atomic E-state index is 0.0476. The summed E-state index contributed by atoms with van der Waals surface area (Å²) in [6.07, 6.45) is 4.48. The average Bonchev–Trinajstić information content (AvgIpc) is 2.71. The van der Waals surface area contributed by atoms with Crippen LogP contribution in [0.1, 0.15) is 45.4 Å². The third-order valence-electron chi connectivity index (χ3n) is 4.87. The fraction of sp³-hybridized carbons (Fsp3) is 0.846. The summed E-state index contributed by atoms with van der Waals surface area (Å²) < 4.78 is 0. The van der Waals surface area contributed by atoms with Crippen LogP contribution in [-0.4, -0.2) is 18.1 Å². The van der Waals surface area contributed by atoms with Crippen molar-refractivity contribution in [3.63, 3.8) is 0 Å². The first-order valence-corrected chi connectivity index (χ1v) is 6.71. The zero-order valence-electron chi connectivity index (χ0n) is 10.8. The Morgan fingerprint density at radius 3 is 2.61 bits per heavy atom. The molecule has 5 nitrogen and oxygen atoms in total. The molecule has 0 N–H and O–H groups in total. The minimum atomic E-state index is -0.209. The fourth-order valence-electron chi connectivity index (χ4n) is 3.84. The summed E-state index contributed by atoms with van der Waals surface area (Å²) in [5, 5.41) is 3.51. The molecular weight excluding hydrogens is 230 g/mol. The Balaban J connectivity index is 2.22. The topological polar surface area (TPSA) is 82.9 Å². The molecule has 2 saturated carbocycles. The molecule has 2 fully saturated rings. The van der Waals surface area contributed by atoms with Gasteiger partial charge in [0.25, 0.3) is 0 Å². The Bertz CT molecular complexity index is 414. The lowest BCUT2D eigenvalue weighted by Gasteiger charge is -2.42. The number of nitrogens with zero attached hydrogens (tertiary/aromatic N) is 3. The third kappa shape index (κ3) is 2.03. The van der Waals surface area contributed by atoms with Crippen LogP contribution in [0.2, 0.25) is 0 Å². The molecule has 0 aliphatic heterocycles. The predicted molar refractivity (Wildman–Crippen MR) is 66.8 cm³/mol. The van der Waals surface area contributed by atoms with Gasteiger partial charge >= 0.3 is 0 Å². The van der Waals surface area contributed by atoms with Crippen molar-refractivity contribution in [2.45, 2.75) is 45.4 Å². The number of carbonyl (C=O) groups is 2. The van der Waals surface area contributed by atoms with Crippen molar-refractivity contribution in [2.24, 2.45) is 22.4 Å². The standard InChI is InChI=1S/C13H19N3O2/c1-2-13-6-3-10(17)9(5-8-15-16-14)12(13)11(18)4-7-13/h9,12H,2-8H2,1H3/t9-,12+,13+/m0/s1. The number of Topliss-reactive ketones (excluding diaryl/α,β-unsaturated/α-hetero) is 2. The smallest absolute Gasteiger partial charge is 0.137 e. The Morgan fingerprint density at radius 1 is 1.33 bits per heavy atom. The van der Waals surface area contributed by atoms with Crippen LogP contribution in [0.4, 0.5) is 0 Å². The molecule has 0 saturated heterocycles. The van der Waals surface area contributed by atoms with Gasteiger partial charge in [-0.05, 0) is 36.6 Å². The quantitative estimate of drug-likeness (QED) is 0.436. The second kappa shape index (κ2) is 5.11. The van der Waals surface area contributed by atoms with Gasteiger partial charge in [-0.3, -0.25) is 9.59 Å². The first kappa shape index (κ1) is 13.1. The van der Waals surface area contributed by atoms with Crippen molar-refractivity contribution in [3.05, 3.63) is 10.4 Å². The van der Waals surface area contributed by atoms with Crippen LogP contribution < -0.4 is 0 Å². The Hall–Kier alpha value is -1.35. The van der Waals surface area contributed by atoms with Crippen LogP contribution in [0.15, 0.2) is 5.11 Å². The molecule has 2 rings (SSSR count). The van der Waals surface area contributed by atoms with Crippen LogP contribution in [0.3, 0.4) is 0 Å². The number of azide groups is 1. The number of hydrogen-bond acceptors (Lipinski definition) is 3. The highest BCUT2D eigenvalue weighted by molar-refractivity contribution is 5.93. The molecule has 0 aromatic carbocycles. The first-order chi connectivity index (χ1) is 8.64. The molecule has 2 aliphatic rings. The van der Waals surface area contributed by atoms with Gasteiger partial charge in [-0.2, -0.15) is 0 Å². The summed E-state index contributed by atoms with van der Waals surface area (Å²) in [4.78, 5) is 26.9. The number of hydrogen-bond donors (Lipinski definition) is 0. The maximum atomic E-state index is 12.1. The highest BCUT2D eigenvalue weighted by atomic mass is 16.1. The van der Waals surface area contributed by atoms with Crippen LogP contribution in [-0.2, 0) is 9.59 Å². The lowest BCUT2D eigenvalue weighted by molar-refractivity contribution is -0.138. The van der Waals surface area contributed by atoms with E-state index in [1.165, 1.54) is 0 Å². The summed E-state index contributed by atoms with van der Waals surface area (Å²) in [6.45, 7) is 2.43. The van der Waals surface area contributed by atoms with Gasteiger partial charge < -0.3 is 0 Å². The monoisotopic (exact) mass is 249 g/mol. The minimum Gasteiger partial charge on any atom is -0.299 e. The van der Waals surface area contributed by atoms with E-state index >= 15 is 0 Å². The van der Waals surface area contributed by atoms with Crippen LogP contribution >= 0.6 is 0 Å². The van der Waals surface area contributed by atoms with E-state index in [2.05, 4.69) is 16.9 Å². The van der Waals surface area contributed by atoms with Crippen molar-refractivity contribution < 1.29 is 9.59 Å². The van der Waals surface area contributed by atoms with Gasteiger partial charge in [0, 0.05) is 36.1 Å². The van der Waals surface area contributed by atoms with E-state index in [9.17, 15) is 9.59 Å². The molecule has 5 heteroatoms. The highest BCUT2D eigenvalue weighted by Gasteiger charge is 2.54. The van der Waals surface area contributed by atoms with Gasteiger partial charge in [0.2, 0.25) is 0 Å². The van der Waals surface area contributed by atoms with E-state index in [-0.39, 0.29) is 28.8 Å². The molecule has 2 aliphatic carbocycles. The molecule has 0 bridgehead atoms. The van der Waals surface area contributed by atoms with Crippen LogP contribution in [0, 0.1) is 17.3 Å². The van der Waals surface area contributed by atoms with Gasteiger partial charge in [-0.1, -0.05) is 12.0 Å². The average molecular weight is 249 g/mol. The molecule has 98 valence electrons. The van der Waals surface area contributed by atoms with E-state index in [1.807, 2.05) is 0 Å². The number of fused-ring (bicyclic) bond motifs is 1. The zero-order valence-corrected chi connectivity index (χ0v) is 10.8. The molecule has 0 heterocycles. The van der Waals surface area contributed by atoms with Crippen LogP contribution in [0.5, 0.6) is 0 Å². The summed E-state index contributed by atoms with van der Waals surface area (Å²) in [5.41, 5.74) is 8.35. The molecule has 0 unspecified atom stereocenters. The van der Waals surface area contributed by atoms with Gasteiger partial charge in [-0.15, -0.1) is 0 Å². The Kier molecular flexibility index (Phi) is 3.71. The van der Waals surface area contributed by atoms with E-state index in [0.717, 1.165) is 19.3 Å². The molecule has 0 aromatic rings. The Morgan fingerprint density at radius 2 is 2.00 bits per heavy atom. The number of ketones is 2. The van der Waals surface area contributed by atoms with Crippen molar-refractivity contribution in [1.82, 2.24) is 0 Å². The maximum absolute atomic E-state index is 12.1. The van der Waals surface area contributed by atoms with E-state index in [0.29, 0.717) is 25.8 Å². The third-order valence-corrected chi connectivity index (χ3v) is 4.87. The van der Waals surface area contributed by atoms with Crippen molar-refractivity contribution in [1.29, 1.82) is 0 Å². The van der Waals surface area contributed by atoms with Crippen molar-refractivity contribution in [2.75, 3.05) is 6.54 Å². The molecule has 0 amide bonds. The van der Waals surface area contributed by atoms with Gasteiger partial charge in [0.15, 0.2) is 0 Å². The Labute approximate surface area is 107 Å². The van der Waals surface area contributed by atoms with E-state index in [1.54, 1.807) is 0 Å². The number of rotatable bonds is 4. The van der Waals surface area contributed by atoms with Crippen LogP contribution in [0.25, 0.3) is 10.4 Å². The molecule has 0 aromatic heterocycles. The fourth-order valence-corrected chi connectivity index (χ4v) is 3.84. The summed E-state index contributed by atoms with van der Waals surface area (Å²) in [6, 6.07) is 0. The normalized spacial score (nSPS) is 35.2. The second-order valence-corrected chi connectivity index (χ2v) is 5.48. The van der Waals surface area contributed by atoms with Gasteiger partial charge in [0.1, 0.15) is 11.6 Å². The molecular formula is C13H19N3O2. The predicted octanol–water partition coefficient (Wildman–Crippen LogP) is 3.04. The van der Waals surface area contributed by atoms with Crippen molar-refractivity contribution >= 4 is 11.6 Å². The lowest BCUT2D eigenvalue weighted by atomic mass is 9.61. The number of carbonyl (C=O) groups excluding carboxylic acids is 2. The van der Waals surface area contributed by atoms with Gasteiger partial charge in [-0.25, -0.2) is 0 Å². The van der Waals surface area contributed by atoms with Crippen molar-refractivity contribution in [3.8, 4) is 0 Å². The lowest BCUT2D eigenvalue weighted by Crippen LogP contribution is -2.43. The summed E-state index contributed by atoms with van der Waals surface area (Å²) >= 11 is 0. The SMILES string of the molecule is CC[C@]12CCC(=O)[C@H](CCN=[N+]=[N-])[C@@H]1C(=O)CC2. The first-order valence-electron chi connectivity index (χ1n) is 6.71. The largest absolute Gasteiger partial charge is 0.299 e. The summed E-state index contributed by atoms with van der Waals surface area (Å²) in [7, 11) is 0.